The predicted octanol–water partition coefficient (Wildman–Crippen LogP) is -6.14. The summed E-state index contributed by atoms with van der Waals surface area (Å²) in [6, 6.07) is 0. The lowest BCUT2D eigenvalue weighted by Crippen LogP contribution is -2.67. The van der Waals surface area contributed by atoms with Crippen LogP contribution in [0.1, 0.15) is 106 Å². The minimum absolute atomic E-state index is 0.0209. The lowest BCUT2D eigenvalue weighted by atomic mass is 9.33. The third-order valence-corrected chi connectivity index (χ3v) is 25.2. The second-order valence-corrected chi connectivity index (χ2v) is 30.7. The lowest BCUT2D eigenvalue weighted by molar-refractivity contribution is -0.379. The Bertz CT molecular complexity index is 2680. The fraction of sp³-hybridized carbons (Fsp3) is 0.953. The topological polar surface area (TPSA) is 512 Å². The summed E-state index contributed by atoms with van der Waals surface area (Å²) in [4.78, 5) is 15.8. The van der Waals surface area contributed by atoms with E-state index in [1.807, 2.05) is 13.8 Å². The largest absolute Gasteiger partial charge is 0.432 e. The Morgan fingerprint density at radius 3 is 1.69 bits per heavy atom. The van der Waals surface area contributed by atoms with Gasteiger partial charge in [-0.3, -0.25) is 4.79 Å². The molecule has 19 N–H and O–H groups in total. The quantitative estimate of drug-likeness (QED) is 0.0366. The molecule has 552 valence electrons. The zero-order valence-corrected chi connectivity index (χ0v) is 54.9. The first-order valence-electron chi connectivity index (χ1n) is 33.9. The number of aliphatic hydroxyl groups is 19. The average Bonchev–Trinajstić information content (AvgIpc) is 0.674. The molecule has 0 amide bonds. The van der Waals surface area contributed by atoms with E-state index in [2.05, 4.69) is 26.8 Å². The van der Waals surface area contributed by atoms with Crippen LogP contribution in [-0.2, 0) is 61.6 Å². The van der Waals surface area contributed by atoms with Crippen molar-refractivity contribution >= 4 is 5.97 Å². The van der Waals surface area contributed by atoms with Gasteiger partial charge in [-0.15, -0.1) is 0 Å². The Balaban J connectivity index is 0.839. The Morgan fingerprint density at radius 2 is 1.05 bits per heavy atom. The van der Waals surface area contributed by atoms with Gasteiger partial charge in [0.2, 0.25) is 6.29 Å². The van der Waals surface area contributed by atoms with E-state index in [-0.39, 0.29) is 44.5 Å². The second-order valence-electron chi connectivity index (χ2n) is 30.7. The minimum atomic E-state index is -2.07. The van der Waals surface area contributed by atoms with Crippen LogP contribution in [0.3, 0.4) is 0 Å². The summed E-state index contributed by atoms with van der Waals surface area (Å²) < 4.78 is 71.8. The highest BCUT2D eigenvalue weighted by atomic mass is 16.8. The van der Waals surface area contributed by atoms with Gasteiger partial charge in [-0.05, 0) is 111 Å². The van der Waals surface area contributed by atoms with Crippen molar-refractivity contribution in [2.75, 3.05) is 46.2 Å². The van der Waals surface area contributed by atoms with Gasteiger partial charge in [0.15, 0.2) is 37.6 Å². The van der Waals surface area contributed by atoms with Crippen LogP contribution in [-0.4, -0.2) is 327 Å². The van der Waals surface area contributed by atoms with Crippen LogP contribution in [0.25, 0.3) is 0 Å². The molecule has 0 radical (unpaired) electrons. The van der Waals surface area contributed by atoms with Gasteiger partial charge in [0, 0.05) is 12.0 Å². The number of ether oxygens (including phenoxy) is 12. The number of esters is 1. The van der Waals surface area contributed by atoms with Crippen LogP contribution in [0.15, 0.2) is 11.6 Å². The molecular weight excluding hydrogens is 1280 g/mol. The summed E-state index contributed by atoms with van der Waals surface area (Å²) in [6.07, 6.45) is -41.6. The van der Waals surface area contributed by atoms with Gasteiger partial charge >= 0.3 is 5.97 Å². The third-order valence-electron chi connectivity index (χ3n) is 25.2. The summed E-state index contributed by atoms with van der Waals surface area (Å²) in [5.41, 5.74) is -3.47. The molecule has 38 atom stereocenters. The van der Waals surface area contributed by atoms with Crippen LogP contribution in [0.5, 0.6) is 0 Å². The van der Waals surface area contributed by atoms with Gasteiger partial charge in [-0.1, -0.05) is 46.3 Å². The van der Waals surface area contributed by atoms with Crippen molar-refractivity contribution in [3.05, 3.63) is 11.6 Å². The second kappa shape index (κ2) is 28.6. The van der Waals surface area contributed by atoms with Gasteiger partial charge in [-0.25, -0.2) is 0 Å². The van der Waals surface area contributed by atoms with E-state index in [0.29, 0.717) is 51.4 Å². The van der Waals surface area contributed by atoms with E-state index in [1.54, 1.807) is 0 Å². The molecule has 6 heterocycles. The highest BCUT2D eigenvalue weighted by Crippen LogP contribution is 2.76. The summed E-state index contributed by atoms with van der Waals surface area (Å²) in [6.45, 7) is 8.41. The normalized spacial score (nSPS) is 55.4. The third kappa shape index (κ3) is 12.8. The smallest absolute Gasteiger partial charge is 0.315 e. The SMILES string of the molecule is CC1OC(OC2C(OC3CCC4(C)C(CCC5(C)C4CC=C4C6CC(C)(CO)CCC6(C(=O)OC6OC(COC7OC(CO)C(O)C(O)C7O)C(O)C(O)C6OC6OC(CO)C(O)C(O)C6O)CCC45C)C3(C)CO)OCC(O)C2O)C(O)C(OC2OCC(O)C(O)C2O)C1O. The van der Waals surface area contributed by atoms with Crippen molar-refractivity contribution in [2.24, 2.45) is 50.2 Å². The number of hydrogen-bond acceptors (Lipinski definition) is 32. The number of rotatable bonds is 17. The molecule has 96 heavy (non-hydrogen) atoms. The standard InChI is InChI=1S/C64H104O32/c1-25-36(71)49(93-53-45(80)37(72)28(69)20-85-53)48(83)55(88-25)94-50-38(73)29(70)21-86-56(50)92-35-10-11-60(3)33(61(35,4)24-68)9-12-63(6)34(60)8-7-26-27-17-59(2,23-67)13-15-64(27,16-14-62(26,63)5)58(84)96-57-51(95-54-47(82)43(78)40(75)31(19-66)90-54)44(79)41(76)32(91-57)22-87-52-46(81)42(77)39(74)30(18-65)89-52/h7,25,27-57,65-83H,8-24H2,1-6H3. The molecule has 32 heteroatoms. The van der Waals surface area contributed by atoms with Gasteiger partial charge in [0.05, 0.1) is 57.3 Å². The molecule has 11 rings (SSSR count). The van der Waals surface area contributed by atoms with E-state index >= 15 is 4.79 Å². The summed E-state index contributed by atoms with van der Waals surface area (Å²) in [5.74, 6) is -1.57. The van der Waals surface area contributed by atoms with Crippen molar-refractivity contribution < 1.29 is 159 Å². The predicted molar refractivity (Wildman–Crippen MR) is 317 cm³/mol. The molecule has 11 aliphatic rings. The average molecular weight is 1390 g/mol. The number of carbonyl (C=O) groups excluding carboxylic acids is 1. The maximum atomic E-state index is 15.8. The van der Waals surface area contributed by atoms with E-state index < -0.39 is 249 Å². The maximum Gasteiger partial charge on any atom is 0.315 e. The van der Waals surface area contributed by atoms with Gasteiger partial charge in [-0.2, -0.15) is 0 Å². The molecule has 32 nitrogen and oxygen atoms in total. The molecule has 0 aromatic heterocycles. The molecule has 0 spiro atoms. The summed E-state index contributed by atoms with van der Waals surface area (Å²) in [5, 5.41) is 207. The zero-order valence-electron chi connectivity index (χ0n) is 54.9. The van der Waals surface area contributed by atoms with Crippen molar-refractivity contribution in [3.63, 3.8) is 0 Å². The molecule has 0 aromatic rings. The van der Waals surface area contributed by atoms with Gasteiger partial charge in [0.25, 0.3) is 0 Å². The number of carbonyl (C=O) groups is 1. The minimum Gasteiger partial charge on any atom is -0.432 e. The maximum absolute atomic E-state index is 15.8. The Labute approximate surface area is 555 Å². The molecule has 5 aliphatic carbocycles. The van der Waals surface area contributed by atoms with Crippen LogP contribution >= 0.6 is 0 Å². The first kappa shape index (κ1) is 75.2. The van der Waals surface area contributed by atoms with Crippen molar-refractivity contribution in [1.82, 2.24) is 0 Å². The number of fused-ring (bicyclic) bond motifs is 7. The summed E-state index contributed by atoms with van der Waals surface area (Å²) >= 11 is 0. The van der Waals surface area contributed by atoms with Crippen molar-refractivity contribution in [1.29, 1.82) is 0 Å². The molecule has 38 unspecified atom stereocenters. The van der Waals surface area contributed by atoms with E-state index in [9.17, 15) is 97.0 Å². The monoisotopic (exact) mass is 1380 g/mol. The molecule has 0 aromatic carbocycles. The molecule has 6 saturated heterocycles. The molecule has 4 saturated carbocycles. The van der Waals surface area contributed by atoms with Crippen LogP contribution in [0.4, 0.5) is 0 Å². The molecular formula is C64H104O32. The Hall–Kier alpha value is -1.99. The first-order chi connectivity index (χ1) is 45.2. The Morgan fingerprint density at radius 1 is 0.500 bits per heavy atom. The van der Waals surface area contributed by atoms with Crippen molar-refractivity contribution in [3.8, 4) is 0 Å². The number of hydrogen-bond donors (Lipinski definition) is 19. The number of allylic oxidation sites excluding steroid dienone is 2. The molecule has 10 fully saturated rings. The van der Waals surface area contributed by atoms with E-state index in [0.717, 1.165) is 5.57 Å². The van der Waals surface area contributed by atoms with Crippen molar-refractivity contribution in [2.45, 2.75) is 284 Å². The molecule has 6 aliphatic heterocycles. The fourth-order valence-corrected chi connectivity index (χ4v) is 18.8. The lowest BCUT2D eigenvalue weighted by Gasteiger charge is -2.71. The van der Waals surface area contributed by atoms with Gasteiger partial charge in [0.1, 0.15) is 122 Å². The van der Waals surface area contributed by atoms with Crippen LogP contribution in [0.2, 0.25) is 0 Å². The highest BCUT2D eigenvalue weighted by molar-refractivity contribution is 5.79. The number of aliphatic hydroxyl groups excluding tert-OH is 19. The Kier molecular flexibility index (Phi) is 22.4. The fourth-order valence-electron chi connectivity index (χ4n) is 18.8. The molecule has 0 bridgehead atoms. The van der Waals surface area contributed by atoms with Crippen LogP contribution in [0, 0.1) is 50.2 Å². The summed E-state index contributed by atoms with van der Waals surface area (Å²) in [7, 11) is 0. The highest BCUT2D eigenvalue weighted by Gasteiger charge is 2.71. The van der Waals surface area contributed by atoms with E-state index in [4.69, 9.17) is 56.8 Å². The van der Waals surface area contributed by atoms with E-state index in [1.165, 1.54) is 6.92 Å². The first-order valence-corrected chi connectivity index (χ1v) is 33.9. The van der Waals surface area contributed by atoms with Gasteiger partial charge < -0.3 is 154 Å². The zero-order chi connectivity index (χ0) is 69.8. The van der Waals surface area contributed by atoms with Crippen LogP contribution < -0.4 is 0 Å².